The molecule has 1 aromatic rings. The SMILES string of the molecule is CC1(c2ccccc2)CCOCC1. The van der Waals surface area contributed by atoms with Gasteiger partial charge in [0.1, 0.15) is 0 Å². The maximum absolute atomic E-state index is 5.39. The number of rotatable bonds is 1. The topological polar surface area (TPSA) is 9.23 Å². The second-order valence-corrected chi connectivity index (χ2v) is 4.04. The van der Waals surface area contributed by atoms with Crippen molar-refractivity contribution in [1.82, 2.24) is 0 Å². The number of ether oxygens (including phenoxy) is 1. The summed E-state index contributed by atoms with van der Waals surface area (Å²) in [6.45, 7) is 4.15. The van der Waals surface area contributed by atoms with Crippen LogP contribution in [0.3, 0.4) is 0 Å². The van der Waals surface area contributed by atoms with Gasteiger partial charge in [-0.3, -0.25) is 0 Å². The lowest BCUT2D eigenvalue weighted by molar-refractivity contribution is 0.0564. The summed E-state index contributed by atoms with van der Waals surface area (Å²) >= 11 is 0. The molecule has 0 saturated carbocycles. The molecule has 0 aliphatic carbocycles. The number of benzene rings is 1. The smallest absolute Gasteiger partial charge is 0.0474 e. The van der Waals surface area contributed by atoms with Crippen molar-refractivity contribution in [2.45, 2.75) is 25.2 Å². The van der Waals surface area contributed by atoms with E-state index in [1.807, 2.05) is 0 Å². The van der Waals surface area contributed by atoms with Crippen molar-refractivity contribution in [3.8, 4) is 0 Å². The van der Waals surface area contributed by atoms with Crippen LogP contribution in [0.25, 0.3) is 0 Å². The summed E-state index contributed by atoms with van der Waals surface area (Å²) in [6, 6.07) is 10.8. The average molecular weight is 176 g/mol. The first kappa shape index (κ1) is 8.76. The fourth-order valence-corrected chi connectivity index (χ4v) is 1.95. The van der Waals surface area contributed by atoms with Crippen molar-refractivity contribution < 1.29 is 4.74 Å². The standard InChI is InChI=1S/C12H16O/c1-12(7-9-13-10-8-12)11-5-3-2-4-6-11/h2-6H,7-10H2,1H3. The molecule has 0 spiro atoms. The van der Waals surface area contributed by atoms with Crippen LogP contribution in [0.4, 0.5) is 0 Å². The van der Waals surface area contributed by atoms with Gasteiger partial charge < -0.3 is 4.74 Å². The van der Waals surface area contributed by atoms with E-state index in [1.54, 1.807) is 0 Å². The van der Waals surface area contributed by atoms with Gasteiger partial charge in [0, 0.05) is 13.2 Å². The maximum atomic E-state index is 5.39. The van der Waals surface area contributed by atoms with Crippen molar-refractivity contribution in [2.24, 2.45) is 0 Å². The first-order valence-corrected chi connectivity index (χ1v) is 4.95. The van der Waals surface area contributed by atoms with Crippen LogP contribution in [0, 0.1) is 0 Å². The van der Waals surface area contributed by atoms with Gasteiger partial charge >= 0.3 is 0 Å². The highest BCUT2D eigenvalue weighted by atomic mass is 16.5. The Kier molecular flexibility index (Phi) is 2.36. The van der Waals surface area contributed by atoms with Crippen molar-refractivity contribution in [3.63, 3.8) is 0 Å². The normalized spacial score (nSPS) is 21.3. The van der Waals surface area contributed by atoms with E-state index in [0.29, 0.717) is 5.41 Å². The Hall–Kier alpha value is -0.820. The predicted octanol–water partition coefficient (Wildman–Crippen LogP) is 2.75. The summed E-state index contributed by atoms with van der Waals surface area (Å²) in [5.74, 6) is 0. The highest BCUT2D eigenvalue weighted by Gasteiger charge is 2.28. The van der Waals surface area contributed by atoms with Crippen LogP contribution in [0.2, 0.25) is 0 Å². The lowest BCUT2D eigenvalue weighted by atomic mass is 9.76. The summed E-state index contributed by atoms with van der Waals surface area (Å²) in [4.78, 5) is 0. The monoisotopic (exact) mass is 176 g/mol. The lowest BCUT2D eigenvalue weighted by Gasteiger charge is -2.34. The minimum absolute atomic E-state index is 0.347. The van der Waals surface area contributed by atoms with Crippen LogP contribution in [-0.4, -0.2) is 13.2 Å². The third-order valence-electron chi connectivity index (χ3n) is 3.07. The molecule has 1 nitrogen and oxygen atoms in total. The number of hydrogen-bond donors (Lipinski definition) is 0. The Bertz CT molecular complexity index is 260. The van der Waals surface area contributed by atoms with Gasteiger partial charge in [0.25, 0.3) is 0 Å². The lowest BCUT2D eigenvalue weighted by Crippen LogP contribution is -2.30. The van der Waals surface area contributed by atoms with Crippen LogP contribution in [0.15, 0.2) is 30.3 Å². The Balaban J connectivity index is 2.23. The highest BCUT2D eigenvalue weighted by molar-refractivity contribution is 5.24. The maximum Gasteiger partial charge on any atom is 0.0474 e. The van der Waals surface area contributed by atoms with Gasteiger partial charge in [-0.1, -0.05) is 37.3 Å². The fraction of sp³-hybridized carbons (Fsp3) is 0.500. The van der Waals surface area contributed by atoms with E-state index in [-0.39, 0.29) is 0 Å². The van der Waals surface area contributed by atoms with Gasteiger partial charge in [0.2, 0.25) is 0 Å². The molecule has 1 heterocycles. The fourth-order valence-electron chi connectivity index (χ4n) is 1.95. The predicted molar refractivity (Wildman–Crippen MR) is 53.8 cm³/mol. The van der Waals surface area contributed by atoms with Crippen molar-refractivity contribution in [1.29, 1.82) is 0 Å². The molecule has 1 fully saturated rings. The largest absolute Gasteiger partial charge is 0.381 e. The van der Waals surface area contributed by atoms with E-state index >= 15 is 0 Å². The summed E-state index contributed by atoms with van der Waals surface area (Å²) in [7, 11) is 0. The summed E-state index contributed by atoms with van der Waals surface area (Å²) in [5, 5.41) is 0. The van der Waals surface area contributed by atoms with Gasteiger partial charge in [0.15, 0.2) is 0 Å². The van der Waals surface area contributed by atoms with Crippen molar-refractivity contribution in [2.75, 3.05) is 13.2 Å². The van der Waals surface area contributed by atoms with Crippen molar-refractivity contribution in [3.05, 3.63) is 35.9 Å². The van der Waals surface area contributed by atoms with Crippen molar-refractivity contribution >= 4 is 0 Å². The molecule has 0 radical (unpaired) electrons. The molecule has 2 rings (SSSR count). The molecule has 0 aromatic heterocycles. The second kappa shape index (κ2) is 3.51. The van der Waals surface area contributed by atoms with Gasteiger partial charge in [-0.05, 0) is 23.8 Å². The highest BCUT2D eigenvalue weighted by Crippen LogP contribution is 2.33. The zero-order valence-electron chi connectivity index (χ0n) is 8.12. The van der Waals surface area contributed by atoms with E-state index in [0.717, 1.165) is 26.1 Å². The van der Waals surface area contributed by atoms with Crippen LogP contribution in [0.1, 0.15) is 25.3 Å². The molecular formula is C12H16O. The van der Waals surface area contributed by atoms with Crippen LogP contribution < -0.4 is 0 Å². The van der Waals surface area contributed by atoms with Crippen LogP contribution in [0.5, 0.6) is 0 Å². The van der Waals surface area contributed by atoms with E-state index < -0.39 is 0 Å². The molecule has 0 bridgehead atoms. The summed E-state index contributed by atoms with van der Waals surface area (Å²) in [5.41, 5.74) is 1.80. The van der Waals surface area contributed by atoms with Gasteiger partial charge in [-0.25, -0.2) is 0 Å². The molecule has 0 amide bonds. The Morgan fingerprint density at radius 2 is 1.69 bits per heavy atom. The van der Waals surface area contributed by atoms with E-state index in [9.17, 15) is 0 Å². The van der Waals surface area contributed by atoms with Gasteiger partial charge in [-0.15, -0.1) is 0 Å². The molecule has 13 heavy (non-hydrogen) atoms. The zero-order chi connectivity index (χ0) is 9.15. The molecule has 0 unspecified atom stereocenters. The van der Waals surface area contributed by atoms with Gasteiger partial charge in [0.05, 0.1) is 0 Å². The first-order valence-electron chi connectivity index (χ1n) is 4.95. The minimum atomic E-state index is 0.347. The quantitative estimate of drug-likeness (QED) is 0.639. The van der Waals surface area contributed by atoms with Crippen LogP contribution in [-0.2, 0) is 10.2 Å². The minimum Gasteiger partial charge on any atom is -0.381 e. The Morgan fingerprint density at radius 3 is 2.31 bits per heavy atom. The molecule has 0 N–H and O–H groups in total. The third kappa shape index (κ3) is 1.75. The van der Waals surface area contributed by atoms with E-state index in [1.165, 1.54) is 5.56 Å². The number of hydrogen-bond acceptors (Lipinski definition) is 1. The molecule has 1 saturated heterocycles. The summed E-state index contributed by atoms with van der Waals surface area (Å²) in [6.07, 6.45) is 2.30. The molecular weight excluding hydrogens is 160 g/mol. The summed E-state index contributed by atoms with van der Waals surface area (Å²) < 4.78 is 5.39. The zero-order valence-corrected chi connectivity index (χ0v) is 8.12. The molecule has 1 heteroatoms. The van der Waals surface area contributed by atoms with E-state index in [2.05, 4.69) is 37.3 Å². The average Bonchev–Trinajstić information content (AvgIpc) is 2.20. The molecule has 0 atom stereocenters. The Morgan fingerprint density at radius 1 is 1.08 bits per heavy atom. The molecule has 1 aromatic carbocycles. The third-order valence-corrected chi connectivity index (χ3v) is 3.07. The molecule has 1 aliphatic heterocycles. The second-order valence-electron chi connectivity index (χ2n) is 4.04. The molecule has 70 valence electrons. The Labute approximate surface area is 79.7 Å². The molecule has 1 aliphatic rings. The van der Waals surface area contributed by atoms with E-state index in [4.69, 9.17) is 4.74 Å². The van der Waals surface area contributed by atoms with Gasteiger partial charge in [-0.2, -0.15) is 0 Å². The first-order chi connectivity index (χ1) is 6.31. The van der Waals surface area contributed by atoms with Crippen LogP contribution >= 0.6 is 0 Å².